The van der Waals surface area contributed by atoms with Gasteiger partial charge in [0.25, 0.3) is 5.24 Å². The number of terminal acetylenes is 2. The first kappa shape index (κ1) is 35.5. The summed E-state index contributed by atoms with van der Waals surface area (Å²) in [5.74, 6) is 2.58. The molecule has 0 amide bonds. The summed E-state index contributed by atoms with van der Waals surface area (Å²) in [7, 11) is 0. The van der Waals surface area contributed by atoms with Crippen LogP contribution < -0.4 is 0 Å². The molecule has 2 aromatic heterocycles. The Kier molecular flexibility index (Phi) is 21.8. The van der Waals surface area contributed by atoms with Crippen molar-refractivity contribution in [2.45, 2.75) is 13.8 Å². The topological polar surface area (TPSA) is 116 Å². The molecule has 2 aromatic rings. The second-order valence-electron chi connectivity index (χ2n) is 6.21. The van der Waals surface area contributed by atoms with E-state index in [0.717, 1.165) is 0 Å². The van der Waals surface area contributed by atoms with E-state index in [4.69, 9.17) is 26.2 Å². The summed E-state index contributed by atoms with van der Waals surface area (Å²) >= 11 is 7.77. The number of hydrogen-bond donors (Lipinski definition) is 1. The third-order valence-electron chi connectivity index (χ3n) is 3.09. The number of hydrogen-bond acceptors (Lipinski definition) is 10. The molecule has 1 N–H and O–H groups in total. The number of thiophene rings is 2. The largest absolute Gasteiger partial charge is 1.00 e. The number of rotatable bonds is 9. The number of carbonyl (C=O) groups is 4. The van der Waals surface area contributed by atoms with Crippen LogP contribution in [0.15, 0.2) is 59.3 Å². The van der Waals surface area contributed by atoms with E-state index in [1.54, 1.807) is 43.5 Å². The number of aliphatic hydroxyl groups is 1. The Morgan fingerprint density at radius 3 is 1.65 bits per heavy atom. The predicted molar refractivity (Wildman–Crippen MR) is 148 cm³/mol. The molecule has 2 heterocycles. The van der Waals surface area contributed by atoms with E-state index in [2.05, 4.69) is 30.7 Å². The fourth-order valence-electron chi connectivity index (χ4n) is 1.51. The highest BCUT2D eigenvalue weighted by Gasteiger charge is 2.08. The van der Waals surface area contributed by atoms with Gasteiger partial charge in [0.15, 0.2) is 0 Å². The Labute approximate surface area is 232 Å². The van der Waals surface area contributed by atoms with Crippen molar-refractivity contribution in [2.24, 2.45) is 0 Å². The Morgan fingerprint density at radius 1 is 0.892 bits per heavy atom. The van der Waals surface area contributed by atoms with Crippen molar-refractivity contribution < 1.29 is 41.3 Å². The van der Waals surface area contributed by atoms with E-state index in [-0.39, 0.29) is 34.5 Å². The molecule has 37 heavy (non-hydrogen) atoms. The molecule has 0 radical (unpaired) electrons. The van der Waals surface area contributed by atoms with Gasteiger partial charge < -0.3 is 22.2 Å². The van der Waals surface area contributed by atoms with E-state index >= 15 is 0 Å². The lowest BCUT2D eigenvalue weighted by Crippen LogP contribution is -2.13. The van der Waals surface area contributed by atoms with E-state index in [1.807, 2.05) is 17.2 Å². The van der Waals surface area contributed by atoms with Crippen LogP contribution in [0.4, 0.5) is 0 Å². The molecule has 0 saturated carbocycles. The van der Waals surface area contributed by atoms with Gasteiger partial charge in [-0.05, 0) is 60.2 Å². The summed E-state index contributed by atoms with van der Waals surface area (Å²) in [5.41, 5.74) is 0.674. The molecule has 202 valence electrons. The maximum Gasteiger partial charge on any atom is 0.348 e. The number of carbonyl (C=O) groups excluding carboxylic acids is 4. The maximum absolute atomic E-state index is 11.3. The van der Waals surface area contributed by atoms with Crippen molar-refractivity contribution in [3.63, 3.8) is 0 Å². The standard InChI is InChI=1S/C11H12O4S.C6H10O3.C5H3ClOS.C4H2.2H/c1-8(2)10(12)14-5-6-15-11(13)9-4-3-7-16-9;1-5(2)6(8)9-4-3-7;6-5(7)4-2-1-3-8-4;1-3-4-2;;/h3-4,7H,1,5-6H2,2H3;7H,1,3-4H2,2H3;1-3H;1-2H;;/q;;;;2*-1/i;;;;2*1+2. The molecule has 0 atom stereocenters. The second kappa shape index (κ2) is 22.8. The number of esters is 3. The zero-order valence-electron chi connectivity index (χ0n) is 22.4. The van der Waals surface area contributed by atoms with Gasteiger partial charge in [0.2, 0.25) is 0 Å². The first-order valence-electron chi connectivity index (χ1n) is 10.1. The minimum absolute atomic E-state index is 0. The highest BCUT2D eigenvalue weighted by atomic mass is 35.5. The summed E-state index contributed by atoms with van der Waals surface area (Å²) in [4.78, 5) is 44.2. The highest BCUT2D eigenvalue weighted by Crippen LogP contribution is 2.10. The fourth-order valence-corrected chi connectivity index (χ4v) is 2.88. The summed E-state index contributed by atoms with van der Waals surface area (Å²) < 4.78 is 14.1. The lowest BCUT2D eigenvalue weighted by Gasteiger charge is -2.04. The van der Waals surface area contributed by atoms with Crippen molar-refractivity contribution in [1.29, 1.82) is 0 Å². The average molecular weight is 573 g/mol. The number of halogens is 1. The molecule has 0 aliphatic carbocycles. The molecule has 0 saturated heterocycles. The van der Waals surface area contributed by atoms with Crippen molar-refractivity contribution in [3.8, 4) is 24.7 Å². The van der Waals surface area contributed by atoms with Crippen LogP contribution in [0.2, 0.25) is 0 Å². The SMILES string of the molecule is C#CC#C.C=C(C)C(=O)OCCO.C=C(C)C(=O)OCCOC(=O)c1cccs1.O=C(Cl)c1cccs1.[3H-].[3H-]. The minimum atomic E-state index is -0.479. The lowest BCUT2D eigenvalue weighted by molar-refractivity contribution is -0.140. The molecule has 0 fully saturated rings. The second-order valence-corrected chi connectivity index (χ2v) is 8.45. The zero-order chi connectivity index (χ0) is 28.6. The molecule has 0 bridgehead atoms. The summed E-state index contributed by atoms with van der Waals surface area (Å²) in [5, 5.41) is 11.4. The van der Waals surface area contributed by atoms with Crippen LogP contribution in [-0.4, -0.2) is 54.7 Å². The molecule has 0 unspecified atom stereocenters. The third kappa shape index (κ3) is 20.2. The van der Waals surface area contributed by atoms with Crippen LogP contribution in [0.5, 0.6) is 0 Å². The maximum atomic E-state index is 11.3. The molecule has 8 nitrogen and oxygen atoms in total. The molecular formula is C26H29ClO8S2-2. The number of aliphatic hydroxyl groups excluding tert-OH is 1. The molecular weight excluding hydrogens is 540 g/mol. The Balaban J connectivity index is -0.000000229. The first-order chi connectivity index (χ1) is 17.5. The molecule has 0 aromatic carbocycles. The summed E-state index contributed by atoms with van der Waals surface area (Å²) in [6.07, 6.45) is 9.08. The Morgan fingerprint density at radius 2 is 1.32 bits per heavy atom. The van der Waals surface area contributed by atoms with Crippen LogP contribution in [0, 0.1) is 24.7 Å². The average Bonchev–Trinajstić information content (AvgIpc) is 3.60. The first-order valence-corrected chi connectivity index (χ1v) is 12.3. The Bertz CT molecular complexity index is 1070. The van der Waals surface area contributed by atoms with Crippen molar-refractivity contribution >= 4 is 57.4 Å². The quantitative estimate of drug-likeness (QED) is 0.114. The third-order valence-corrected chi connectivity index (χ3v) is 5.13. The van der Waals surface area contributed by atoms with E-state index in [0.29, 0.717) is 20.9 Å². The van der Waals surface area contributed by atoms with Gasteiger partial charge in [-0.15, -0.1) is 35.5 Å². The van der Waals surface area contributed by atoms with Gasteiger partial charge in [-0.1, -0.05) is 25.3 Å². The van der Waals surface area contributed by atoms with Crippen LogP contribution in [-0.2, 0) is 23.8 Å². The van der Waals surface area contributed by atoms with Gasteiger partial charge in [-0.3, -0.25) is 4.79 Å². The van der Waals surface area contributed by atoms with Gasteiger partial charge >= 0.3 is 17.9 Å². The summed E-state index contributed by atoms with van der Waals surface area (Å²) in [6, 6.07) is 6.93. The predicted octanol–water partition coefficient (Wildman–Crippen LogP) is 4.73. The fraction of sp³-hybridized carbons (Fsp3) is 0.231. The van der Waals surface area contributed by atoms with Crippen LogP contribution in [0.1, 0.15) is 36.0 Å². The molecule has 11 heteroatoms. The zero-order valence-corrected chi connectivity index (χ0v) is 22.7. The van der Waals surface area contributed by atoms with Crippen molar-refractivity contribution in [3.05, 3.63) is 69.1 Å². The van der Waals surface area contributed by atoms with Gasteiger partial charge in [0, 0.05) is 11.1 Å². The Hall–Kier alpha value is -3.67. The van der Waals surface area contributed by atoms with Gasteiger partial charge in [-0.2, -0.15) is 0 Å². The van der Waals surface area contributed by atoms with Crippen LogP contribution >= 0.6 is 34.3 Å². The van der Waals surface area contributed by atoms with Gasteiger partial charge in [0.1, 0.15) is 24.7 Å². The molecule has 2 rings (SSSR count). The van der Waals surface area contributed by atoms with E-state index in [1.165, 1.54) is 22.7 Å². The minimum Gasteiger partial charge on any atom is -1.00 e. The molecule has 0 aliphatic rings. The van der Waals surface area contributed by atoms with Gasteiger partial charge in [-0.25, -0.2) is 14.4 Å². The smallest absolute Gasteiger partial charge is 0.348 e. The monoisotopic (exact) mass is 572 g/mol. The van der Waals surface area contributed by atoms with Crippen molar-refractivity contribution in [1.82, 2.24) is 0 Å². The number of ether oxygens (including phenoxy) is 3. The normalized spacial score (nSPS) is 8.49. The van der Waals surface area contributed by atoms with Crippen LogP contribution in [0.25, 0.3) is 0 Å². The van der Waals surface area contributed by atoms with E-state index in [9.17, 15) is 19.2 Å². The molecule has 0 spiro atoms. The van der Waals surface area contributed by atoms with Crippen LogP contribution in [0.3, 0.4) is 0 Å². The highest BCUT2D eigenvalue weighted by molar-refractivity contribution is 7.14. The van der Waals surface area contributed by atoms with Crippen molar-refractivity contribution in [2.75, 3.05) is 26.4 Å². The summed E-state index contributed by atoms with van der Waals surface area (Å²) in [6.45, 7) is 9.89. The van der Waals surface area contributed by atoms with Gasteiger partial charge in [0.05, 0.1) is 11.5 Å². The van der Waals surface area contributed by atoms with E-state index < -0.39 is 17.9 Å². The lowest BCUT2D eigenvalue weighted by atomic mass is 10.4. The molecule has 0 aliphatic heterocycles.